The molecule has 0 bridgehead atoms. The number of benzene rings is 1. The molecule has 1 aromatic heterocycles. The Kier molecular flexibility index (Phi) is 2.83. The van der Waals surface area contributed by atoms with Gasteiger partial charge in [0.1, 0.15) is 5.52 Å². The summed E-state index contributed by atoms with van der Waals surface area (Å²) in [5, 5.41) is 5.56. The van der Waals surface area contributed by atoms with E-state index < -0.39 is 0 Å². The monoisotopic (exact) mass is 247 g/mol. The first-order valence-corrected chi connectivity index (χ1v) is 6.18. The van der Waals surface area contributed by atoms with Crippen LogP contribution in [0.3, 0.4) is 0 Å². The molecule has 1 aliphatic rings. The average molecular weight is 247 g/mol. The summed E-state index contributed by atoms with van der Waals surface area (Å²) in [6, 6.07) is 4.21. The van der Waals surface area contributed by atoms with Gasteiger partial charge in [0, 0.05) is 18.6 Å². The molecule has 0 spiro atoms. The molecule has 3 rings (SSSR count). The van der Waals surface area contributed by atoms with Crippen molar-refractivity contribution >= 4 is 16.6 Å². The fourth-order valence-corrected chi connectivity index (χ4v) is 2.55. The highest BCUT2D eigenvalue weighted by Crippen LogP contribution is 2.34. The Morgan fingerprint density at radius 2 is 2.17 bits per heavy atom. The standard InChI is InChI=1S/C13H17N3O2/c1-17-13-11(14)3-2-9-8-15-16(12(9)13)10-4-6-18-7-5-10/h2-3,8,10H,4-7,14H2,1H3. The van der Waals surface area contributed by atoms with E-state index in [1.54, 1.807) is 7.11 Å². The Morgan fingerprint density at radius 1 is 1.39 bits per heavy atom. The van der Waals surface area contributed by atoms with Crippen molar-refractivity contribution in [3.8, 4) is 5.75 Å². The molecule has 2 N–H and O–H groups in total. The van der Waals surface area contributed by atoms with Crippen LogP contribution in [-0.2, 0) is 4.74 Å². The summed E-state index contributed by atoms with van der Waals surface area (Å²) in [5.41, 5.74) is 7.61. The third-order valence-electron chi connectivity index (χ3n) is 3.48. The van der Waals surface area contributed by atoms with Crippen LogP contribution in [0.5, 0.6) is 5.75 Å². The number of anilines is 1. The fraction of sp³-hybridized carbons (Fsp3) is 0.462. The molecule has 0 saturated carbocycles. The summed E-state index contributed by atoms with van der Waals surface area (Å²) in [6.45, 7) is 1.58. The molecule has 0 aliphatic carbocycles. The predicted molar refractivity (Wildman–Crippen MR) is 69.8 cm³/mol. The Hall–Kier alpha value is -1.75. The van der Waals surface area contributed by atoms with E-state index in [4.69, 9.17) is 15.2 Å². The molecule has 1 aromatic carbocycles. The molecule has 0 atom stereocenters. The van der Waals surface area contributed by atoms with E-state index in [9.17, 15) is 0 Å². The lowest BCUT2D eigenvalue weighted by atomic mass is 10.1. The lowest BCUT2D eigenvalue weighted by molar-refractivity contribution is 0.0674. The van der Waals surface area contributed by atoms with Gasteiger partial charge in [0.05, 0.1) is 25.0 Å². The van der Waals surface area contributed by atoms with Crippen LogP contribution in [0, 0.1) is 0 Å². The van der Waals surface area contributed by atoms with E-state index in [1.165, 1.54) is 0 Å². The average Bonchev–Trinajstić information content (AvgIpc) is 2.83. The maximum absolute atomic E-state index is 5.96. The van der Waals surface area contributed by atoms with Crippen LogP contribution in [0.25, 0.3) is 10.9 Å². The third kappa shape index (κ3) is 1.71. The van der Waals surface area contributed by atoms with Gasteiger partial charge in [0.15, 0.2) is 5.75 Å². The minimum Gasteiger partial charge on any atom is -0.492 e. The van der Waals surface area contributed by atoms with Crippen molar-refractivity contribution in [2.45, 2.75) is 18.9 Å². The quantitative estimate of drug-likeness (QED) is 0.824. The van der Waals surface area contributed by atoms with E-state index in [0.717, 1.165) is 42.7 Å². The minimum atomic E-state index is 0.368. The molecule has 1 fully saturated rings. The van der Waals surface area contributed by atoms with Crippen LogP contribution >= 0.6 is 0 Å². The summed E-state index contributed by atoms with van der Waals surface area (Å²) in [5.74, 6) is 0.719. The number of rotatable bonds is 2. The van der Waals surface area contributed by atoms with Crippen molar-refractivity contribution < 1.29 is 9.47 Å². The molecule has 0 amide bonds. The number of methoxy groups -OCH3 is 1. The van der Waals surface area contributed by atoms with Crippen LogP contribution in [0.1, 0.15) is 18.9 Å². The molecule has 96 valence electrons. The smallest absolute Gasteiger partial charge is 0.167 e. The van der Waals surface area contributed by atoms with Gasteiger partial charge in [-0.05, 0) is 25.0 Å². The van der Waals surface area contributed by atoms with E-state index in [-0.39, 0.29) is 0 Å². The van der Waals surface area contributed by atoms with Crippen LogP contribution in [-0.4, -0.2) is 30.1 Å². The number of nitrogens with zero attached hydrogens (tertiary/aromatic N) is 2. The highest BCUT2D eigenvalue weighted by atomic mass is 16.5. The van der Waals surface area contributed by atoms with Gasteiger partial charge in [-0.15, -0.1) is 0 Å². The summed E-state index contributed by atoms with van der Waals surface area (Å²) in [4.78, 5) is 0. The van der Waals surface area contributed by atoms with Gasteiger partial charge in [-0.2, -0.15) is 5.10 Å². The number of nitrogens with two attached hydrogens (primary N) is 1. The zero-order chi connectivity index (χ0) is 12.5. The summed E-state index contributed by atoms with van der Waals surface area (Å²) in [6.07, 6.45) is 3.83. The Morgan fingerprint density at radius 3 is 2.89 bits per heavy atom. The Labute approximate surface area is 105 Å². The number of hydrogen-bond donors (Lipinski definition) is 1. The van der Waals surface area contributed by atoms with E-state index in [1.807, 2.05) is 23.0 Å². The second kappa shape index (κ2) is 4.49. The maximum atomic E-state index is 5.96. The molecule has 2 heterocycles. The third-order valence-corrected chi connectivity index (χ3v) is 3.48. The van der Waals surface area contributed by atoms with Gasteiger partial charge in [-0.1, -0.05) is 0 Å². The number of aromatic nitrogens is 2. The number of fused-ring (bicyclic) bond motifs is 1. The van der Waals surface area contributed by atoms with Gasteiger partial charge in [-0.3, -0.25) is 4.68 Å². The molecule has 0 unspecified atom stereocenters. The van der Waals surface area contributed by atoms with Gasteiger partial charge in [0.25, 0.3) is 0 Å². The zero-order valence-electron chi connectivity index (χ0n) is 10.4. The van der Waals surface area contributed by atoms with E-state index >= 15 is 0 Å². The fourth-order valence-electron chi connectivity index (χ4n) is 2.55. The van der Waals surface area contributed by atoms with Crippen molar-refractivity contribution in [1.82, 2.24) is 9.78 Å². The summed E-state index contributed by atoms with van der Waals surface area (Å²) < 4.78 is 12.9. The highest BCUT2D eigenvalue weighted by molar-refractivity contribution is 5.90. The lowest BCUT2D eigenvalue weighted by Crippen LogP contribution is -2.20. The first-order valence-electron chi connectivity index (χ1n) is 6.18. The van der Waals surface area contributed by atoms with Crippen molar-refractivity contribution in [2.75, 3.05) is 26.1 Å². The Balaban J connectivity index is 2.14. The molecule has 0 radical (unpaired) electrons. The highest BCUT2D eigenvalue weighted by Gasteiger charge is 2.21. The van der Waals surface area contributed by atoms with E-state index in [2.05, 4.69) is 5.10 Å². The number of hydrogen-bond acceptors (Lipinski definition) is 4. The molecule has 1 saturated heterocycles. The normalized spacial score (nSPS) is 17.2. The lowest BCUT2D eigenvalue weighted by Gasteiger charge is -2.23. The molecular weight excluding hydrogens is 230 g/mol. The minimum absolute atomic E-state index is 0.368. The molecule has 1 aliphatic heterocycles. The summed E-state index contributed by atoms with van der Waals surface area (Å²) >= 11 is 0. The molecule has 5 nitrogen and oxygen atoms in total. The van der Waals surface area contributed by atoms with Gasteiger partial charge >= 0.3 is 0 Å². The Bertz CT molecular complexity index is 559. The van der Waals surface area contributed by atoms with Crippen molar-refractivity contribution in [3.63, 3.8) is 0 Å². The molecule has 5 heteroatoms. The first-order chi connectivity index (χ1) is 8.81. The number of ether oxygens (including phenoxy) is 2. The van der Waals surface area contributed by atoms with Gasteiger partial charge in [-0.25, -0.2) is 0 Å². The van der Waals surface area contributed by atoms with Crippen molar-refractivity contribution in [2.24, 2.45) is 0 Å². The first kappa shape index (κ1) is 11.3. The largest absolute Gasteiger partial charge is 0.492 e. The maximum Gasteiger partial charge on any atom is 0.167 e. The number of nitrogen functional groups attached to an aromatic ring is 1. The van der Waals surface area contributed by atoms with Crippen molar-refractivity contribution in [1.29, 1.82) is 0 Å². The SMILES string of the molecule is COc1c(N)ccc2cnn(C3CCOCC3)c12. The predicted octanol–water partition coefficient (Wildman–Crippen LogP) is 1.98. The van der Waals surface area contributed by atoms with Crippen LogP contribution < -0.4 is 10.5 Å². The topological polar surface area (TPSA) is 62.3 Å². The van der Waals surface area contributed by atoms with Crippen LogP contribution in [0.4, 0.5) is 5.69 Å². The summed E-state index contributed by atoms with van der Waals surface area (Å²) in [7, 11) is 1.65. The second-order valence-corrected chi connectivity index (χ2v) is 4.56. The molecule has 18 heavy (non-hydrogen) atoms. The van der Waals surface area contributed by atoms with Crippen molar-refractivity contribution in [3.05, 3.63) is 18.3 Å². The van der Waals surface area contributed by atoms with Crippen LogP contribution in [0.15, 0.2) is 18.3 Å². The molecule has 2 aromatic rings. The molecular formula is C13H17N3O2. The second-order valence-electron chi connectivity index (χ2n) is 4.56. The van der Waals surface area contributed by atoms with Gasteiger partial charge in [0.2, 0.25) is 0 Å². The van der Waals surface area contributed by atoms with E-state index in [0.29, 0.717) is 11.7 Å². The van der Waals surface area contributed by atoms with Crippen LogP contribution in [0.2, 0.25) is 0 Å². The zero-order valence-corrected chi connectivity index (χ0v) is 10.4. The van der Waals surface area contributed by atoms with Gasteiger partial charge < -0.3 is 15.2 Å².